The molecule has 0 aliphatic heterocycles. The summed E-state index contributed by atoms with van der Waals surface area (Å²) in [6.45, 7) is 1.40. The molecule has 0 saturated heterocycles. The number of hydrogen-bond donors (Lipinski definition) is 1. The topological polar surface area (TPSA) is 73.9 Å². The van der Waals surface area contributed by atoms with Gasteiger partial charge < -0.3 is 19.5 Å². The number of carbonyl (C=O) groups excluding carboxylic acids is 2. The van der Waals surface area contributed by atoms with E-state index in [-0.39, 0.29) is 6.61 Å². The van der Waals surface area contributed by atoms with Gasteiger partial charge in [0.2, 0.25) is 0 Å². The number of ether oxygens (including phenoxy) is 3. The number of nitrogens with one attached hydrogen (secondary N) is 1. The number of halogens is 1. The number of methoxy groups -OCH3 is 1. The number of rotatable bonds is 8. The van der Waals surface area contributed by atoms with Gasteiger partial charge in [-0.25, -0.2) is 9.18 Å². The third-order valence-electron chi connectivity index (χ3n) is 3.47. The van der Waals surface area contributed by atoms with Gasteiger partial charge in [0.15, 0.2) is 12.7 Å². The maximum absolute atomic E-state index is 12.8. The van der Waals surface area contributed by atoms with Crippen LogP contribution >= 0.6 is 0 Å². The Hall–Kier alpha value is -3.09. The summed E-state index contributed by atoms with van der Waals surface area (Å²) in [5.74, 6) is -0.456. The van der Waals surface area contributed by atoms with E-state index in [1.165, 1.54) is 31.2 Å². The Morgan fingerprint density at radius 1 is 1.04 bits per heavy atom. The Bertz CT molecular complexity index is 731. The zero-order valence-corrected chi connectivity index (χ0v) is 14.5. The summed E-state index contributed by atoms with van der Waals surface area (Å²) in [6.07, 6.45) is -0.961. The predicted molar refractivity (Wildman–Crippen MR) is 92.3 cm³/mol. The Kier molecular flexibility index (Phi) is 6.96. The van der Waals surface area contributed by atoms with Crippen molar-refractivity contribution >= 4 is 11.9 Å². The number of esters is 1. The first kappa shape index (κ1) is 19.2. The van der Waals surface area contributed by atoms with Crippen molar-refractivity contribution in [2.45, 2.75) is 19.6 Å². The highest BCUT2D eigenvalue weighted by molar-refractivity contribution is 5.83. The fourth-order valence-corrected chi connectivity index (χ4v) is 2.03. The average Bonchev–Trinajstić information content (AvgIpc) is 2.66. The van der Waals surface area contributed by atoms with Crippen LogP contribution in [0.25, 0.3) is 0 Å². The number of carbonyl (C=O) groups is 2. The van der Waals surface area contributed by atoms with Crippen LogP contribution in [0.4, 0.5) is 4.39 Å². The fourth-order valence-electron chi connectivity index (χ4n) is 2.03. The molecule has 0 unspecified atom stereocenters. The predicted octanol–water partition coefficient (Wildman–Crippen LogP) is 2.46. The summed E-state index contributed by atoms with van der Waals surface area (Å²) < 4.78 is 28.0. The van der Waals surface area contributed by atoms with Gasteiger partial charge >= 0.3 is 5.97 Å². The molecule has 0 spiro atoms. The highest BCUT2D eigenvalue weighted by Crippen LogP contribution is 2.12. The van der Waals surface area contributed by atoms with Crippen LogP contribution in [0.15, 0.2) is 48.5 Å². The molecule has 2 aromatic rings. The van der Waals surface area contributed by atoms with E-state index in [2.05, 4.69) is 5.32 Å². The molecule has 0 aliphatic rings. The summed E-state index contributed by atoms with van der Waals surface area (Å²) in [5.41, 5.74) is 0.886. The maximum atomic E-state index is 12.8. The van der Waals surface area contributed by atoms with Crippen LogP contribution < -0.4 is 14.8 Å². The Labute approximate surface area is 150 Å². The van der Waals surface area contributed by atoms with Gasteiger partial charge in [-0.1, -0.05) is 12.1 Å². The van der Waals surface area contributed by atoms with Crippen molar-refractivity contribution < 1.29 is 28.2 Å². The van der Waals surface area contributed by atoms with Crippen LogP contribution in [0, 0.1) is 5.82 Å². The van der Waals surface area contributed by atoms with E-state index in [1.54, 1.807) is 19.2 Å². The van der Waals surface area contributed by atoms with E-state index in [0.29, 0.717) is 12.3 Å². The van der Waals surface area contributed by atoms with Gasteiger partial charge in [0.25, 0.3) is 5.91 Å². The summed E-state index contributed by atoms with van der Waals surface area (Å²) in [5, 5.41) is 2.68. The quantitative estimate of drug-likeness (QED) is 0.731. The van der Waals surface area contributed by atoms with Gasteiger partial charge in [0.05, 0.1) is 7.11 Å². The van der Waals surface area contributed by atoms with Crippen molar-refractivity contribution in [2.75, 3.05) is 13.7 Å². The molecule has 0 bridgehead atoms. The summed E-state index contributed by atoms with van der Waals surface area (Å²) >= 11 is 0. The Morgan fingerprint density at radius 2 is 1.65 bits per heavy atom. The van der Waals surface area contributed by atoms with Crippen LogP contribution in [-0.2, 0) is 20.9 Å². The molecule has 26 heavy (non-hydrogen) atoms. The SMILES string of the molecule is COc1ccc(CNC(=O)[C@@H](C)OC(=O)COc2ccc(F)cc2)cc1. The Balaban J connectivity index is 1.72. The minimum Gasteiger partial charge on any atom is -0.497 e. The highest BCUT2D eigenvalue weighted by atomic mass is 19.1. The minimum absolute atomic E-state index is 0.302. The van der Waals surface area contributed by atoms with Crippen molar-refractivity contribution in [3.8, 4) is 11.5 Å². The van der Waals surface area contributed by atoms with E-state index in [0.717, 1.165) is 11.3 Å². The number of amides is 1. The smallest absolute Gasteiger partial charge is 0.344 e. The van der Waals surface area contributed by atoms with E-state index >= 15 is 0 Å². The van der Waals surface area contributed by atoms with E-state index < -0.39 is 23.8 Å². The molecular weight excluding hydrogens is 341 g/mol. The lowest BCUT2D eigenvalue weighted by Crippen LogP contribution is -2.36. The molecule has 1 amide bonds. The van der Waals surface area contributed by atoms with Gasteiger partial charge in [-0.15, -0.1) is 0 Å². The fraction of sp³-hybridized carbons (Fsp3) is 0.263. The lowest BCUT2D eigenvalue weighted by Gasteiger charge is -2.14. The molecule has 1 atom stereocenters. The standard InChI is InChI=1S/C19H20FNO5/c1-13(19(23)21-11-14-3-7-16(24-2)8-4-14)26-18(22)12-25-17-9-5-15(20)6-10-17/h3-10,13H,11-12H2,1-2H3,(H,21,23)/t13-/m1/s1. The highest BCUT2D eigenvalue weighted by Gasteiger charge is 2.17. The first-order valence-corrected chi connectivity index (χ1v) is 7.96. The molecule has 7 heteroatoms. The minimum atomic E-state index is -0.961. The summed E-state index contributed by atoms with van der Waals surface area (Å²) in [6, 6.07) is 12.5. The van der Waals surface area contributed by atoms with Gasteiger partial charge in [-0.05, 0) is 48.9 Å². The maximum Gasteiger partial charge on any atom is 0.344 e. The lowest BCUT2D eigenvalue weighted by atomic mass is 10.2. The first-order chi connectivity index (χ1) is 12.5. The molecule has 138 valence electrons. The second kappa shape index (κ2) is 9.41. The molecule has 0 radical (unpaired) electrons. The molecule has 0 saturated carbocycles. The van der Waals surface area contributed by atoms with Crippen molar-refractivity contribution in [3.05, 3.63) is 59.9 Å². The summed E-state index contributed by atoms with van der Waals surface area (Å²) in [4.78, 5) is 23.7. The monoisotopic (exact) mass is 361 g/mol. The molecule has 0 aromatic heterocycles. The first-order valence-electron chi connectivity index (χ1n) is 7.96. The van der Waals surface area contributed by atoms with Crippen LogP contribution in [0.5, 0.6) is 11.5 Å². The van der Waals surface area contributed by atoms with Crippen molar-refractivity contribution in [1.82, 2.24) is 5.32 Å². The second-order valence-corrected chi connectivity index (χ2v) is 5.44. The molecule has 6 nitrogen and oxygen atoms in total. The second-order valence-electron chi connectivity index (χ2n) is 5.44. The van der Waals surface area contributed by atoms with Crippen molar-refractivity contribution in [3.63, 3.8) is 0 Å². The molecule has 2 aromatic carbocycles. The average molecular weight is 361 g/mol. The van der Waals surface area contributed by atoms with E-state index in [9.17, 15) is 14.0 Å². The molecule has 0 fully saturated rings. The molecule has 0 aliphatic carbocycles. The molecule has 0 heterocycles. The zero-order chi connectivity index (χ0) is 18.9. The van der Waals surface area contributed by atoms with Crippen molar-refractivity contribution in [2.24, 2.45) is 0 Å². The Morgan fingerprint density at radius 3 is 2.27 bits per heavy atom. The third-order valence-corrected chi connectivity index (χ3v) is 3.47. The van der Waals surface area contributed by atoms with Crippen LogP contribution in [0.2, 0.25) is 0 Å². The zero-order valence-electron chi connectivity index (χ0n) is 14.5. The van der Waals surface area contributed by atoms with E-state index in [1.807, 2.05) is 12.1 Å². The van der Waals surface area contributed by atoms with Crippen LogP contribution in [-0.4, -0.2) is 31.7 Å². The molecule has 1 N–H and O–H groups in total. The van der Waals surface area contributed by atoms with Gasteiger partial charge in [-0.2, -0.15) is 0 Å². The van der Waals surface area contributed by atoms with Gasteiger partial charge in [0.1, 0.15) is 17.3 Å². The summed E-state index contributed by atoms with van der Waals surface area (Å²) in [7, 11) is 1.58. The molecular formula is C19H20FNO5. The normalized spacial score (nSPS) is 11.3. The largest absolute Gasteiger partial charge is 0.497 e. The number of benzene rings is 2. The van der Waals surface area contributed by atoms with Gasteiger partial charge in [-0.3, -0.25) is 4.79 Å². The molecule has 2 rings (SSSR count). The van der Waals surface area contributed by atoms with Gasteiger partial charge in [0, 0.05) is 6.54 Å². The third kappa shape index (κ3) is 6.08. The van der Waals surface area contributed by atoms with Crippen molar-refractivity contribution in [1.29, 1.82) is 0 Å². The van der Waals surface area contributed by atoms with E-state index in [4.69, 9.17) is 14.2 Å². The van der Waals surface area contributed by atoms with Crippen LogP contribution in [0.1, 0.15) is 12.5 Å². The number of hydrogen-bond acceptors (Lipinski definition) is 5. The lowest BCUT2D eigenvalue weighted by molar-refractivity contribution is -0.156. The van der Waals surface area contributed by atoms with Crippen LogP contribution in [0.3, 0.4) is 0 Å².